The first-order valence-electron chi connectivity index (χ1n) is 6.54. The number of aryl methyl sites for hydroxylation is 2. The number of nitro groups is 1. The third-order valence-electron chi connectivity index (χ3n) is 3.28. The molecule has 7 nitrogen and oxygen atoms in total. The first kappa shape index (κ1) is 16.4. The van der Waals surface area contributed by atoms with Gasteiger partial charge in [-0.1, -0.05) is 0 Å². The summed E-state index contributed by atoms with van der Waals surface area (Å²) >= 11 is 2.20. The predicted octanol–water partition coefficient (Wildman–Crippen LogP) is 2.96. The molecule has 0 saturated heterocycles. The number of hydrogen-bond acceptors (Lipinski definition) is 4. The van der Waals surface area contributed by atoms with E-state index >= 15 is 0 Å². The third kappa shape index (κ3) is 3.43. The van der Waals surface area contributed by atoms with Crippen LogP contribution < -0.4 is 5.32 Å². The summed E-state index contributed by atoms with van der Waals surface area (Å²) in [6.45, 7) is 4.99. The van der Waals surface area contributed by atoms with Crippen LogP contribution in [0.15, 0.2) is 18.2 Å². The molecule has 8 heteroatoms. The van der Waals surface area contributed by atoms with Crippen LogP contribution in [0, 0.1) is 34.5 Å². The first-order chi connectivity index (χ1) is 10.3. The highest BCUT2D eigenvalue weighted by Gasteiger charge is 2.22. The number of nitrogens with zero attached hydrogens (tertiary/aromatic N) is 3. The van der Waals surface area contributed by atoms with Crippen LogP contribution in [0.4, 0.5) is 11.4 Å². The summed E-state index contributed by atoms with van der Waals surface area (Å²) in [6.07, 6.45) is 0. The third-order valence-corrected chi connectivity index (χ3v) is 3.95. The number of halogens is 1. The second-order valence-electron chi connectivity index (χ2n) is 4.94. The number of nitrogens with one attached hydrogen (secondary N) is 1. The van der Waals surface area contributed by atoms with Crippen molar-refractivity contribution < 1.29 is 9.72 Å². The molecule has 0 aliphatic carbocycles. The van der Waals surface area contributed by atoms with Crippen LogP contribution in [0.5, 0.6) is 0 Å². The molecule has 0 radical (unpaired) electrons. The van der Waals surface area contributed by atoms with Crippen LogP contribution >= 0.6 is 22.6 Å². The zero-order valence-corrected chi connectivity index (χ0v) is 14.5. The predicted molar refractivity (Wildman–Crippen MR) is 90.9 cm³/mol. The fourth-order valence-corrected chi connectivity index (χ4v) is 2.85. The van der Waals surface area contributed by atoms with Gasteiger partial charge in [0.1, 0.15) is 17.9 Å². The molecule has 1 aromatic heterocycles. The standard InChI is InChI=1S/C14H15IN4O3/c1-8-6-11(15)4-5-12(8)16-13(20)7-18-10(3)14(19(21)22)9(2)17-18/h4-6H,7H2,1-3H3,(H,16,20). The van der Waals surface area contributed by atoms with Crippen LogP contribution in [-0.4, -0.2) is 20.6 Å². The molecule has 0 saturated carbocycles. The number of amides is 1. The summed E-state index contributed by atoms with van der Waals surface area (Å²) in [5.41, 5.74) is 2.32. The molecule has 0 spiro atoms. The minimum atomic E-state index is -0.477. The second-order valence-corrected chi connectivity index (χ2v) is 6.19. The van der Waals surface area contributed by atoms with Gasteiger partial charge in [-0.05, 0) is 67.1 Å². The molecule has 0 fully saturated rings. The highest BCUT2D eigenvalue weighted by Crippen LogP contribution is 2.22. The number of carbonyl (C=O) groups is 1. The fourth-order valence-electron chi connectivity index (χ4n) is 2.20. The number of benzene rings is 1. The lowest BCUT2D eigenvalue weighted by Gasteiger charge is -2.09. The van der Waals surface area contributed by atoms with Gasteiger partial charge in [-0.2, -0.15) is 5.10 Å². The molecular weight excluding hydrogens is 399 g/mol. The van der Waals surface area contributed by atoms with Crippen molar-refractivity contribution in [1.82, 2.24) is 9.78 Å². The molecule has 116 valence electrons. The second kappa shape index (κ2) is 6.42. The van der Waals surface area contributed by atoms with Crippen LogP contribution in [0.3, 0.4) is 0 Å². The molecule has 2 rings (SSSR count). The summed E-state index contributed by atoms with van der Waals surface area (Å²) in [7, 11) is 0. The van der Waals surface area contributed by atoms with Gasteiger partial charge in [0.05, 0.1) is 4.92 Å². The van der Waals surface area contributed by atoms with E-state index in [1.165, 1.54) is 4.68 Å². The van der Waals surface area contributed by atoms with Gasteiger partial charge in [0.25, 0.3) is 0 Å². The van der Waals surface area contributed by atoms with Gasteiger partial charge in [0.15, 0.2) is 0 Å². The molecular formula is C14H15IN4O3. The number of rotatable bonds is 4. The Morgan fingerprint density at radius 1 is 1.41 bits per heavy atom. The summed E-state index contributed by atoms with van der Waals surface area (Å²) in [5.74, 6) is -0.273. The van der Waals surface area contributed by atoms with Crippen molar-refractivity contribution in [2.45, 2.75) is 27.3 Å². The molecule has 0 aliphatic heterocycles. The van der Waals surface area contributed by atoms with Crippen LogP contribution in [0.1, 0.15) is 17.0 Å². The quantitative estimate of drug-likeness (QED) is 0.473. The Morgan fingerprint density at radius 3 is 2.64 bits per heavy atom. The monoisotopic (exact) mass is 414 g/mol. The molecule has 2 aromatic rings. The Balaban J connectivity index is 2.16. The van der Waals surface area contributed by atoms with Gasteiger partial charge in [0, 0.05) is 9.26 Å². The molecule has 0 bridgehead atoms. The maximum Gasteiger partial charge on any atom is 0.312 e. The largest absolute Gasteiger partial charge is 0.324 e. The van der Waals surface area contributed by atoms with E-state index in [0.29, 0.717) is 11.4 Å². The molecule has 1 N–H and O–H groups in total. The molecule has 0 unspecified atom stereocenters. The van der Waals surface area contributed by atoms with E-state index in [4.69, 9.17) is 0 Å². The van der Waals surface area contributed by atoms with E-state index < -0.39 is 4.92 Å². The van der Waals surface area contributed by atoms with Gasteiger partial charge in [-0.25, -0.2) is 0 Å². The lowest BCUT2D eigenvalue weighted by Crippen LogP contribution is -2.20. The van der Waals surface area contributed by atoms with E-state index in [9.17, 15) is 14.9 Å². The van der Waals surface area contributed by atoms with E-state index in [1.807, 2.05) is 25.1 Å². The Hall–Kier alpha value is -1.97. The molecule has 0 atom stereocenters. The molecule has 22 heavy (non-hydrogen) atoms. The van der Waals surface area contributed by atoms with Crippen molar-refractivity contribution in [2.75, 3.05) is 5.32 Å². The minimum Gasteiger partial charge on any atom is -0.324 e. The summed E-state index contributed by atoms with van der Waals surface area (Å²) in [4.78, 5) is 22.6. The first-order valence-corrected chi connectivity index (χ1v) is 7.62. The zero-order valence-electron chi connectivity index (χ0n) is 12.4. The Bertz CT molecular complexity index is 755. The molecule has 1 amide bonds. The van der Waals surface area contributed by atoms with Gasteiger partial charge < -0.3 is 5.32 Å². The van der Waals surface area contributed by atoms with Gasteiger partial charge in [-0.3, -0.25) is 19.6 Å². The van der Waals surface area contributed by atoms with Crippen molar-refractivity contribution in [2.24, 2.45) is 0 Å². The summed E-state index contributed by atoms with van der Waals surface area (Å²) < 4.78 is 2.44. The smallest absolute Gasteiger partial charge is 0.312 e. The highest BCUT2D eigenvalue weighted by atomic mass is 127. The van der Waals surface area contributed by atoms with Crippen molar-refractivity contribution in [1.29, 1.82) is 0 Å². The van der Waals surface area contributed by atoms with Crippen molar-refractivity contribution >= 4 is 39.9 Å². The van der Waals surface area contributed by atoms with Crippen LogP contribution in [0.2, 0.25) is 0 Å². The topological polar surface area (TPSA) is 90.1 Å². The maximum absolute atomic E-state index is 12.1. The van der Waals surface area contributed by atoms with E-state index in [-0.39, 0.29) is 18.1 Å². The molecule has 0 aliphatic rings. The van der Waals surface area contributed by atoms with Crippen LogP contribution in [0.25, 0.3) is 0 Å². The lowest BCUT2D eigenvalue weighted by molar-refractivity contribution is -0.386. The normalized spacial score (nSPS) is 10.5. The summed E-state index contributed by atoms with van der Waals surface area (Å²) in [5, 5.41) is 17.8. The van der Waals surface area contributed by atoms with E-state index in [1.54, 1.807) is 13.8 Å². The lowest BCUT2D eigenvalue weighted by atomic mass is 10.2. The van der Waals surface area contributed by atoms with Crippen molar-refractivity contribution in [3.63, 3.8) is 0 Å². The Kier molecular flexibility index (Phi) is 4.79. The fraction of sp³-hybridized carbons (Fsp3) is 0.286. The maximum atomic E-state index is 12.1. The van der Waals surface area contributed by atoms with Crippen LogP contribution in [-0.2, 0) is 11.3 Å². The van der Waals surface area contributed by atoms with Crippen molar-refractivity contribution in [3.05, 3.63) is 48.8 Å². The number of carbonyl (C=O) groups excluding carboxylic acids is 1. The molecule has 1 heterocycles. The van der Waals surface area contributed by atoms with Gasteiger partial charge >= 0.3 is 5.69 Å². The van der Waals surface area contributed by atoms with E-state index in [0.717, 1.165) is 14.8 Å². The average molecular weight is 414 g/mol. The Morgan fingerprint density at radius 2 is 2.09 bits per heavy atom. The number of aromatic nitrogens is 2. The molecule has 1 aromatic carbocycles. The average Bonchev–Trinajstić information content (AvgIpc) is 2.67. The van der Waals surface area contributed by atoms with Crippen molar-refractivity contribution in [3.8, 4) is 0 Å². The van der Waals surface area contributed by atoms with Gasteiger partial charge in [-0.15, -0.1) is 0 Å². The van der Waals surface area contributed by atoms with E-state index in [2.05, 4.69) is 33.0 Å². The summed E-state index contributed by atoms with van der Waals surface area (Å²) in [6, 6.07) is 5.69. The minimum absolute atomic E-state index is 0.0433. The Labute approximate surface area is 141 Å². The number of hydrogen-bond donors (Lipinski definition) is 1. The van der Waals surface area contributed by atoms with Gasteiger partial charge in [0.2, 0.25) is 5.91 Å². The number of anilines is 1. The SMILES string of the molecule is Cc1cc(I)ccc1NC(=O)Cn1nc(C)c([N+](=O)[O-])c1C. The zero-order chi connectivity index (χ0) is 16.4. The highest BCUT2D eigenvalue weighted by molar-refractivity contribution is 14.1.